The topological polar surface area (TPSA) is 65.2 Å². The quantitative estimate of drug-likeness (QED) is 0.877. The summed E-state index contributed by atoms with van der Waals surface area (Å²) < 4.78 is 5.49. The van der Waals surface area contributed by atoms with Crippen LogP contribution in [0, 0.1) is 0 Å². The molecule has 0 spiro atoms. The van der Waals surface area contributed by atoms with Gasteiger partial charge in [-0.1, -0.05) is 0 Å². The van der Waals surface area contributed by atoms with Crippen LogP contribution in [0.3, 0.4) is 0 Å². The SMILES string of the molecule is NC(=O)OCCc1ccc(Br)cn1. The Morgan fingerprint density at radius 3 is 2.92 bits per heavy atom. The van der Waals surface area contributed by atoms with Gasteiger partial charge in [0, 0.05) is 22.8 Å². The van der Waals surface area contributed by atoms with Gasteiger partial charge in [0.05, 0.1) is 6.61 Å². The van der Waals surface area contributed by atoms with Crippen LogP contribution >= 0.6 is 15.9 Å². The Balaban J connectivity index is 2.37. The Morgan fingerprint density at radius 1 is 1.62 bits per heavy atom. The van der Waals surface area contributed by atoms with Crippen molar-refractivity contribution in [2.24, 2.45) is 5.73 Å². The van der Waals surface area contributed by atoms with Crippen molar-refractivity contribution >= 4 is 22.0 Å². The molecule has 1 aromatic rings. The molecule has 0 unspecified atom stereocenters. The van der Waals surface area contributed by atoms with E-state index in [4.69, 9.17) is 5.73 Å². The number of hydrogen-bond donors (Lipinski definition) is 1. The molecule has 0 atom stereocenters. The van der Waals surface area contributed by atoms with E-state index < -0.39 is 6.09 Å². The maximum Gasteiger partial charge on any atom is 0.404 e. The van der Waals surface area contributed by atoms with Crippen molar-refractivity contribution in [1.29, 1.82) is 0 Å². The van der Waals surface area contributed by atoms with Gasteiger partial charge in [-0.15, -0.1) is 0 Å². The van der Waals surface area contributed by atoms with E-state index in [1.54, 1.807) is 6.20 Å². The number of hydrogen-bond acceptors (Lipinski definition) is 3. The number of carbonyl (C=O) groups excluding carboxylic acids is 1. The van der Waals surface area contributed by atoms with Crippen LogP contribution in [0.1, 0.15) is 5.69 Å². The number of rotatable bonds is 3. The van der Waals surface area contributed by atoms with Gasteiger partial charge in [0.15, 0.2) is 0 Å². The summed E-state index contributed by atoms with van der Waals surface area (Å²) in [6, 6.07) is 3.74. The molecule has 1 rings (SSSR count). The van der Waals surface area contributed by atoms with E-state index >= 15 is 0 Å². The zero-order valence-corrected chi connectivity index (χ0v) is 8.45. The molecule has 0 bridgehead atoms. The van der Waals surface area contributed by atoms with Gasteiger partial charge in [0.2, 0.25) is 0 Å². The fraction of sp³-hybridized carbons (Fsp3) is 0.250. The lowest BCUT2D eigenvalue weighted by Crippen LogP contribution is -2.14. The first-order chi connectivity index (χ1) is 6.18. The van der Waals surface area contributed by atoms with Gasteiger partial charge in [-0.2, -0.15) is 0 Å². The lowest BCUT2D eigenvalue weighted by atomic mass is 10.3. The molecular weight excluding hydrogens is 236 g/mol. The van der Waals surface area contributed by atoms with Crippen LogP contribution in [-0.4, -0.2) is 17.7 Å². The minimum absolute atomic E-state index is 0.268. The molecule has 1 amide bonds. The van der Waals surface area contributed by atoms with E-state index in [1.165, 1.54) is 0 Å². The summed E-state index contributed by atoms with van der Waals surface area (Å²) in [4.78, 5) is 14.3. The largest absolute Gasteiger partial charge is 0.449 e. The summed E-state index contributed by atoms with van der Waals surface area (Å²) in [6.07, 6.45) is 1.52. The van der Waals surface area contributed by atoms with Crippen molar-refractivity contribution < 1.29 is 9.53 Å². The van der Waals surface area contributed by atoms with Gasteiger partial charge in [-0.05, 0) is 28.1 Å². The highest BCUT2D eigenvalue weighted by Crippen LogP contribution is 2.07. The van der Waals surface area contributed by atoms with E-state index in [1.807, 2.05) is 12.1 Å². The molecule has 0 radical (unpaired) electrons. The lowest BCUT2D eigenvalue weighted by molar-refractivity contribution is 0.158. The van der Waals surface area contributed by atoms with Crippen molar-refractivity contribution in [2.75, 3.05) is 6.61 Å². The van der Waals surface area contributed by atoms with Crippen LogP contribution in [0.5, 0.6) is 0 Å². The molecule has 0 aliphatic heterocycles. The van der Waals surface area contributed by atoms with Crippen molar-refractivity contribution in [3.63, 3.8) is 0 Å². The third kappa shape index (κ3) is 3.89. The van der Waals surface area contributed by atoms with E-state index in [-0.39, 0.29) is 6.61 Å². The average Bonchev–Trinajstić information content (AvgIpc) is 2.08. The van der Waals surface area contributed by atoms with Crippen molar-refractivity contribution in [3.05, 3.63) is 28.5 Å². The molecule has 0 saturated heterocycles. The van der Waals surface area contributed by atoms with Crippen LogP contribution in [-0.2, 0) is 11.2 Å². The molecule has 70 valence electrons. The molecule has 5 heteroatoms. The standard InChI is InChI=1S/C8H9BrN2O2/c9-6-1-2-7(11-5-6)3-4-13-8(10)12/h1-2,5H,3-4H2,(H2,10,12). The number of nitrogens with two attached hydrogens (primary N) is 1. The first-order valence-electron chi connectivity index (χ1n) is 3.71. The summed E-state index contributed by atoms with van der Waals surface area (Å²) in [7, 11) is 0. The molecule has 0 fully saturated rings. The maximum atomic E-state index is 10.2. The number of halogens is 1. The fourth-order valence-corrected chi connectivity index (χ4v) is 1.05. The highest BCUT2D eigenvalue weighted by molar-refractivity contribution is 9.10. The maximum absolute atomic E-state index is 10.2. The molecule has 4 nitrogen and oxygen atoms in total. The van der Waals surface area contributed by atoms with Gasteiger partial charge < -0.3 is 10.5 Å². The third-order valence-electron chi connectivity index (χ3n) is 1.39. The second-order valence-corrected chi connectivity index (χ2v) is 3.30. The summed E-state index contributed by atoms with van der Waals surface area (Å²) in [5, 5.41) is 0. The minimum atomic E-state index is -0.753. The highest BCUT2D eigenvalue weighted by Gasteiger charge is 1.97. The van der Waals surface area contributed by atoms with Crippen molar-refractivity contribution in [1.82, 2.24) is 4.98 Å². The van der Waals surface area contributed by atoms with Gasteiger partial charge in [0.1, 0.15) is 0 Å². The number of primary amides is 1. The number of carbonyl (C=O) groups is 1. The number of aromatic nitrogens is 1. The van der Waals surface area contributed by atoms with Crippen LogP contribution in [0.4, 0.5) is 4.79 Å². The zero-order valence-electron chi connectivity index (χ0n) is 6.87. The molecule has 13 heavy (non-hydrogen) atoms. The molecule has 1 heterocycles. The Labute approximate surface area is 84.2 Å². The molecule has 0 aliphatic rings. The van der Waals surface area contributed by atoms with E-state index in [9.17, 15) is 4.79 Å². The Bertz CT molecular complexity index is 287. The Kier molecular flexibility index (Phi) is 3.70. The van der Waals surface area contributed by atoms with Crippen LogP contribution in [0.15, 0.2) is 22.8 Å². The fourth-order valence-electron chi connectivity index (χ4n) is 0.811. The average molecular weight is 245 g/mol. The smallest absolute Gasteiger partial charge is 0.404 e. The zero-order chi connectivity index (χ0) is 9.68. The van der Waals surface area contributed by atoms with Crippen LogP contribution < -0.4 is 5.73 Å². The van der Waals surface area contributed by atoms with Crippen LogP contribution in [0.2, 0.25) is 0 Å². The Hall–Kier alpha value is -1.10. The van der Waals surface area contributed by atoms with Gasteiger partial charge in [-0.25, -0.2) is 4.79 Å². The van der Waals surface area contributed by atoms with Crippen molar-refractivity contribution in [2.45, 2.75) is 6.42 Å². The van der Waals surface area contributed by atoms with Gasteiger partial charge >= 0.3 is 6.09 Å². The minimum Gasteiger partial charge on any atom is -0.449 e. The predicted octanol–water partition coefficient (Wildman–Crippen LogP) is 1.48. The molecular formula is C8H9BrN2O2. The molecule has 0 saturated carbocycles. The molecule has 2 N–H and O–H groups in total. The molecule has 0 aliphatic carbocycles. The van der Waals surface area contributed by atoms with E-state index in [0.29, 0.717) is 6.42 Å². The Morgan fingerprint density at radius 2 is 2.38 bits per heavy atom. The van der Waals surface area contributed by atoms with Gasteiger partial charge in [0.25, 0.3) is 0 Å². The lowest BCUT2D eigenvalue weighted by Gasteiger charge is -2.00. The summed E-state index contributed by atoms with van der Waals surface area (Å²) in [5.74, 6) is 0. The first-order valence-corrected chi connectivity index (χ1v) is 4.50. The molecule has 1 aromatic heterocycles. The van der Waals surface area contributed by atoms with Crippen LogP contribution in [0.25, 0.3) is 0 Å². The second kappa shape index (κ2) is 4.81. The summed E-state index contributed by atoms with van der Waals surface area (Å²) in [6.45, 7) is 0.268. The number of amides is 1. The second-order valence-electron chi connectivity index (χ2n) is 2.39. The first kappa shape index (κ1) is 9.98. The van der Waals surface area contributed by atoms with E-state index in [2.05, 4.69) is 25.7 Å². The normalized spacial score (nSPS) is 9.62. The number of ether oxygens (including phenoxy) is 1. The summed E-state index contributed by atoms with van der Waals surface area (Å²) >= 11 is 3.27. The number of nitrogens with zero attached hydrogens (tertiary/aromatic N) is 1. The van der Waals surface area contributed by atoms with Crippen molar-refractivity contribution in [3.8, 4) is 0 Å². The number of pyridine rings is 1. The third-order valence-corrected chi connectivity index (χ3v) is 1.86. The predicted molar refractivity (Wildman–Crippen MR) is 51.2 cm³/mol. The van der Waals surface area contributed by atoms with Gasteiger partial charge in [-0.3, -0.25) is 4.98 Å². The molecule has 0 aromatic carbocycles. The summed E-state index contributed by atoms with van der Waals surface area (Å²) in [5.41, 5.74) is 5.66. The monoisotopic (exact) mass is 244 g/mol. The highest BCUT2D eigenvalue weighted by atomic mass is 79.9. The van der Waals surface area contributed by atoms with E-state index in [0.717, 1.165) is 10.2 Å².